The van der Waals surface area contributed by atoms with Crippen LogP contribution in [-0.2, 0) is 16.0 Å². The Labute approximate surface area is 147 Å². The van der Waals surface area contributed by atoms with Crippen LogP contribution in [0.3, 0.4) is 0 Å². The van der Waals surface area contributed by atoms with Crippen molar-refractivity contribution in [3.63, 3.8) is 0 Å². The van der Waals surface area contributed by atoms with E-state index in [1.165, 1.54) is 18.2 Å². The number of sulfone groups is 1. The molecule has 0 amide bonds. The first-order chi connectivity index (χ1) is 11.9. The number of nitriles is 1. The molecule has 1 N–H and O–H groups in total. The summed E-state index contributed by atoms with van der Waals surface area (Å²) in [5, 5.41) is 15.3. The van der Waals surface area contributed by atoms with Crippen molar-refractivity contribution in [2.45, 2.75) is 18.0 Å². The lowest BCUT2D eigenvalue weighted by atomic mass is 10.2. The zero-order valence-corrected chi connectivity index (χ0v) is 14.6. The first kappa shape index (κ1) is 19.5. The SMILES string of the molecule is C=C(C)CNc1c(C#N)c(C(F)(F)F)nn1-c1ccc(S(C)(=O)=O)cn1. The van der Waals surface area contributed by atoms with E-state index in [1.54, 1.807) is 6.92 Å². The molecule has 0 saturated heterocycles. The molecule has 26 heavy (non-hydrogen) atoms. The third-order valence-electron chi connectivity index (χ3n) is 3.19. The topological polar surface area (TPSA) is 101 Å². The zero-order chi connectivity index (χ0) is 19.7. The van der Waals surface area contributed by atoms with Gasteiger partial charge in [0, 0.05) is 19.0 Å². The van der Waals surface area contributed by atoms with Gasteiger partial charge in [-0.25, -0.2) is 13.4 Å². The monoisotopic (exact) mass is 385 g/mol. The third-order valence-corrected chi connectivity index (χ3v) is 4.29. The van der Waals surface area contributed by atoms with Crippen LogP contribution in [0, 0.1) is 11.3 Å². The van der Waals surface area contributed by atoms with E-state index in [0.717, 1.165) is 17.1 Å². The van der Waals surface area contributed by atoms with Crippen LogP contribution in [0.5, 0.6) is 0 Å². The highest BCUT2D eigenvalue weighted by Crippen LogP contribution is 2.35. The molecule has 0 atom stereocenters. The number of hydrogen-bond donors (Lipinski definition) is 1. The molecular weight excluding hydrogens is 371 g/mol. The second-order valence-electron chi connectivity index (χ2n) is 5.53. The Kier molecular flexibility index (Phi) is 5.09. The van der Waals surface area contributed by atoms with Gasteiger partial charge < -0.3 is 5.32 Å². The lowest BCUT2D eigenvalue weighted by Crippen LogP contribution is -2.11. The molecule has 2 aromatic rings. The minimum Gasteiger partial charge on any atom is -0.365 e. The van der Waals surface area contributed by atoms with Crippen LogP contribution in [0.1, 0.15) is 18.2 Å². The number of aromatic nitrogens is 3. The lowest BCUT2D eigenvalue weighted by Gasteiger charge is -2.10. The van der Waals surface area contributed by atoms with Gasteiger partial charge in [-0.3, -0.25) is 0 Å². The highest BCUT2D eigenvalue weighted by Gasteiger charge is 2.40. The molecule has 0 aliphatic carbocycles. The Morgan fingerprint density at radius 2 is 2.08 bits per heavy atom. The Bertz CT molecular complexity index is 986. The van der Waals surface area contributed by atoms with Crippen LogP contribution in [0.15, 0.2) is 35.4 Å². The lowest BCUT2D eigenvalue weighted by molar-refractivity contribution is -0.141. The van der Waals surface area contributed by atoms with Crippen LogP contribution in [-0.4, -0.2) is 36.0 Å². The molecular formula is C15H14F3N5O2S. The Morgan fingerprint density at radius 1 is 1.42 bits per heavy atom. The fraction of sp³-hybridized carbons (Fsp3) is 0.267. The molecule has 0 aliphatic rings. The van der Waals surface area contributed by atoms with E-state index in [-0.39, 0.29) is 23.1 Å². The van der Waals surface area contributed by atoms with Crippen molar-refractivity contribution < 1.29 is 21.6 Å². The van der Waals surface area contributed by atoms with Crippen LogP contribution < -0.4 is 5.32 Å². The first-order valence-electron chi connectivity index (χ1n) is 7.10. The highest BCUT2D eigenvalue weighted by atomic mass is 32.2. The largest absolute Gasteiger partial charge is 0.436 e. The summed E-state index contributed by atoms with van der Waals surface area (Å²) >= 11 is 0. The van der Waals surface area contributed by atoms with Crippen LogP contribution in [0.4, 0.5) is 19.0 Å². The molecule has 0 fully saturated rings. The molecule has 11 heteroatoms. The second kappa shape index (κ2) is 6.80. The number of pyridine rings is 1. The van der Waals surface area contributed by atoms with Crippen molar-refractivity contribution in [3.05, 3.63) is 41.7 Å². The van der Waals surface area contributed by atoms with Gasteiger partial charge in [0.25, 0.3) is 0 Å². The molecule has 2 aromatic heterocycles. The van der Waals surface area contributed by atoms with Gasteiger partial charge in [0.2, 0.25) is 0 Å². The van der Waals surface area contributed by atoms with Gasteiger partial charge in [-0.1, -0.05) is 12.2 Å². The van der Waals surface area contributed by atoms with E-state index in [4.69, 9.17) is 0 Å². The molecule has 0 aromatic carbocycles. The highest BCUT2D eigenvalue weighted by molar-refractivity contribution is 7.90. The maximum Gasteiger partial charge on any atom is 0.436 e. The molecule has 2 heterocycles. The number of anilines is 1. The van der Waals surface area contributed by atoms with E-state index >= 15 is 0 Å². The van der Waals surface area contributed by atoms with Gasteiger partial charge >= 0.3 is 6.18 Å². The number of alkyl halides is 3. The Morgan fingerprint density at radius 3 is 2.50 bits per heavy atom. The quantitative estimate of drug-likeness (QED) is 0.794. The molecule has 2 rings (SSSR count). The van der Waals surface area contributed by atoms with E-state index < -0.39 is 27.3 Å². The summed E-state index contributed by atoms with van der Waals surface area (Å²) in [6.07, 6.45) is -2.86. The average Bonchev–Trinajstić information content (AvgIpc) is 2.90. The first-order valence-corrected chi connectivity index (χ1v) is 8.99. The van der Waals surface area contributed by atoms with E-state index in [1.807, 2.05) is 0 Å². The Balaban J connectivity index is 2.65. The van der Waals surface area contributed by atoms with Crippen LogP contribution in [0.25, 0.3) is 5.82 Å². The van der Waals surface area contributed by atoms with Gasteiger partial charge in [0.05, 0.1) is 4.90 Å². The summed E-state index contributed by atoms with van der Waals surface area (Å²) in [7, 11) is -3.52. The van der Waals surface area contributed by atoms with Crippen molar-refractivity contribution in [1.82, 2.24) is 14.8 Å². The zero-order valence-electron chi connectivity index (χ0n) is 13.8. The maximum absolute atomic E-state index is 13.2. The van der Waals surface area contributed by atoms with Crippen LogP contribution in [0.2, 0.25) is 0 Å². The van der Waals surface area contributed by atoms with Gasteiger partial charge in [0.15, 0.2) is 27.2 Å². The van der Waals surface area contributed by atoms with Crippen molar-refractivity contribution in [3.8, 4) is 11.9 Å². The molecule has 0 unspecified atom stereocenters. The van der Waals surface area contributed by atoms with Crippen LogP contribution >= 0.6 is 0 Å². The summed E-state index contributed by atoms with van der Waals surface area (Å²) in [4.78, 5) is 3.76. The summed E-state index contributed by atoms with van der Waals surface area (Å²) in [5.74, 6) is -0.281. The van der Waals surface area contributed by atoms with Gasteiger partial charge in [0.1, 0.15) is 11.6 Å². The van der Waals surface area contributed by atoms with Crippen molar-refractivity contribution in [2.24, 2.45) is 0 Å². The van der Waals surface area contributed by atoms with Gasteiger partial charge in [-0.05, 0) is 19.1 Å². The van der Waals surface area contributed by atoms with Gasteiger partial charge in [-0.15, -0.1) is 0 Å². The number of nitrogens with one attached hydrogen (secondary N) is 1. The minimum absolute atomic E-state index is 0.0754. The van der Waals surface area contributed by atoms with E-state index in [2.05, 4.69) is 22.0 Å². The third kappa shape index (κ3) is 4.02. The molecule has 0 aliphatic heterocycles. The Hall–Kier alpha value is -2.87. The maximum atomic E-state index is 13.2. The smallest absolute Gasteiger partial charge is 0.365 e. The van der Waals surface area contributed by atoms with Crippen molar-refractivity contribution in [1.29, 1.82) is 5.26 Å². The fourth-order valence-electron chi connectivity index (χ4n) is 2.00. The summed E-state index contributed by atoms with van der Waals surface area (Å²) in [6, 6.07) is 3.90. The fourth-order valence-corrected chi connectivity index (χ4v) is 2.56. The number of nitrogens with zero attached hydrogens (tertiary/aromatic N) is 4. The van der Waals surface area contributed by atoms with Crippen molar-refractivity contribution in [2.75, 3.05) is 18.1 Å². The molecule has 7 nitrogen and oxygen atoms in total. The standard InChI is InChI=1S/C15H14F3N5O2S/c1-9(2)7-21-14-11(6-19)13(15(16,17)18)22-23(14)12-5-4-10(8-20-12)26(3,24)25/h4-5,8,21H,1,7H2,2-3H3. The van der Waals surface area contributed by atoms with E-state index in [0.29, 0.717) is 5.57 Å². The van der Waals surface area contributed by atoms with Gasteiger partial charge in [-0.2, -0.15) is 28.2 Å². The molecule has 0 saturated carbocycles. The minimum atomic E-state index is -4.84. The second-order valence-corrected chi connectivity index (χ2v) is 7.54. The average molecular weight is 385 g/mol. The summed E-state index contributed by atoms with van der Waals surface area (Å²) in [5.41, 5.74) is -1.43. The normalized spacial score (nSPS) is 11.8. The molecule has 138 valence electrons. The van der Waals surface area contributed by atoms with Crippen molar-refractivity contribution >= 4 is 15.7 Å². The number of halogens is 3. The molecule has 0 radical (unpaired) electrons. The summed E-state index contributed by atoms with van der Waals surface area (Å²) < 4.78 is 63.4. The van der Waals surface area contributed by atoms with E-state index in [9.17, 15) is 26.9 Å². The predicted molar refractivity (Wildman–Crippen MR) is 87.5 cm³/mol. The number of hydrogen-bond acceptors (Lipinski definition) is 6. The summed E-state index contributed by atoms with van der Waals surface area (Å²) in [6.45, 7) is 5.41. The predicted octanol–water partition coefficient (Wildman–Crippen LogP) is 2.55. The number of rotatable bonds is 5. The molecule has 0 spiro atoms. The molecule has 0 bridgehead atoms.